The molecule has 0 radical (unpaired) electrons. The first-order valence-corrected chi connectivity index (χ1v) is 5.25. The molecule has 2 heterocycles. The van der Waals surface area contributed by atoms with Gasteiger partial charge in [0.25, 0.3) is 0 Å². The van der Waals surface area contributed by atoms with Crippen LogP contribution in [0, 0.1) is 11.3 Å². The van der Waals surface area contributed by atoms with Crippen LogP contribution < -0.4 is 0 Å². The predicted molar refractivity (Wildman–Crippen MR) is 55.5 cm³/mol. The largest absolute Gasteiger partial charge is 0.284 e. The lowest BCUT2D eigenvalue weighted by molar-refractivity contribution is 0.980. The third kappa shape index (κ3) is 1.42. The highest BCUT2D eigenvalue weighted by Gasteiger charge is 2.05. The van der Waals surface area contributed by atoms with Crippen LogP contribution in [0.3, 0.4) is 0 Å². The van der Waals surface area contributed by atoms with Gasteiger partial charge in [-0.15, -0.1) is 11.3 Å². The summed E-state index contributed by atoms with van der Waals surface area (Å²) in [6.45, 7) is 2.07. The quantitative estimate of drug-likeness (QED) is 0.751. The Hall–Kier alpha value is -1.60. The highest BCUT2D eigenvalue weighted by atomic mass is 32.1. The maximum atomic E-state index is 8.84. The highest BCUT2D eigenvalue weighted by molar-refractivity contribution is 7.12. The fourth-order valence-corrected chi connectivity index (χ4v) is 2.11. The molecule has 0 aliphatic rings. The van der Waals surface area contributed by atoms with Crippen LogP contribution in [0.2, 0.25) is 0 Å². The lowest BCUT2D eigenvalue weighted by atomic mass is 10.4. The van der Waals surface area contributed by atoms with Crippen molar-refractivity contribution in [3.8, 4) is 11.2 Å². The Bertz CT molecular complexity index is 476. The van der Waals surface area contributed by atoms with Crippen molar-refractivity contribution in [2.24, 2.45) is 0 Å². The normalized spacial score (nSPS) is 10.0. The van der Waals surface area contributed by atoms with Crippen molar-refractivity contribution in [2.75, 3.05) is 0 Å². The Morgan fingerprint density at radius 2 is 2.50 bits per heavy atom. The lowest BCUT2D eigenvalue weighted by Gasteiger charge is -1.97. The van der Waals surface area contributed by atoms with Crippen molar-refractivity contribution in [2.45, 2.75) is 13.3 Å². The minimum Gasteiger partial charge on any atom is -0.284 e. The first-order valence-electron chi connectivity index (χ1n) is 4.37. The number of hydrogen-bond donors (Lipinski definition) is 0. The zero-order valence-electron chi connectivity index (χ0n) is 7.77. The number of rotatable bonds is 2. The van der Waals surface area contributed by atoms with Gasteiger partial charge in [0, 0.05) is 11.6 Å². The molecule has 0 saturated heterocycles. The second kappa shape index (κ2) is 3.64. The van der Waals surface area contributed by atoms with E-state index in [-0.39, 0.29) is 0 Å². The van der Waals surface area contributed by atoms with Crippen LogP contribution >= 0.6 is 11.3 Å². The van der Waals surface area contributed by atoms with E-state index in [9.17, 15) is 0 Å². The number of nitriles is 1. The summed E-state index contributed by atoms with van der Waals surface area (Å²) in [7, 11) is 0. The van der Waals surface area contributed by atoms with Crippen LogP contribution in [0.4, 0.5) is 0 Å². The second-order valence-corrected chi connectivity index (χ2v) is 3.69. The van der Waals surface area contributed by atoms with E-state index in [0.29, 0.717) is 5.69 Å². The van der Waals surface area contributed by atoms with Gasteiger partial charge in [0.05, 0.1) is 5.69 Å². The molecule has 0 unspecified atom stereocenters. The molecule has 70 valence electrons. The molecule has 0 aromatic carbocycles. The Kier molecular flexibility index (Phi) is 2.33. The maximum Gasteiger partial charge on any atom is 0.194 e. The van der Waals surface area contributed by atoms with Crippen LogP contribution in [-0.4, -0.2) is 9.55 Å². The Morgan fingerprint density at radius 1 is 1.64 bits per heavy atom. The third-order valence-electron chi connectivity index (χ3n) is 1.97. The van der Waals surface area contributed by atoms with Crippen molar-refractivity contribution >= 4 is 11.3 Å². The molecule has 0 fully saturated rings. The van der Waals surface area contributed by atoms with Crippen LogP contribution in [0.5, 0.6) is 0 Å². The molecule has 2 aromatic rings. The Labute approximate surface area is 86.3 Å². The van der Waals surface area contributed by atoms with E-state index in [1.54, 1.807) is 17.4 Å². The van der Waals surface area contributed by atoms with Gasteiger partial charge in [-0.05, 0) is 18.6 Å². The summed E-state index contributed by atoms with van der Waals surface area (Å²) in [5.74, 6) is 0. The third-order valence-corrected chi connectivity index (χ3v) is 2.86. The smallest absolute Gasteiger partial charge is 0.194 e. The topological polar surface area (TPSA) is 41.6 Å². The Morgan fingerprint density at radius 3 is 3.14 bits per heavy atom. The van der Waals surface area contributed by atoms with Crippen LogP contribution in [0.1, 0.15) is 18.3 Å². The molecule has 0 N–H and O–H groups in total. The molecule has 0 amide bonds. The summed E-state index contributed by atoms with van der Waals surface area (Å²) >= 11 is 1.56. The molecule has 3 nitrogen and oxygen atoms in total. The van der Waals surface area contributed by atoms with Gasteiger partial charge in [0.15, 0.2) is 5.13 Å². The predicted octanol–water partition coefficient (Wildman–Crippen LogP) is 2.37. The molecule has 0 spiro atoms. The van der Waals surface area contributed by atoms with E-state index in [1.165, 1.54) is 0 Å². The summed E-state index contributed by atoms with van der Waals surface area (Å²) in [6, 6.07) is 5.77. The zero-order chi connectivity index (χ0) is 9.97. The molecule has 0 aliphatic heterocycles. The molecule has 2 aromatic heterocycles. The van der Waals surface area contributed by atoms with Crippen molar-refractivity contribution in [3.05, 3.63) is 35.1 Å². The molecular weight excluding hydrogens is 194 g/mol. The average Bonchev–Trinajstić information content (AvgIpc) is 2.85. The van der Waals surface area contributed by atoms with E-state index in [4.69, 9.17) is 5.26 Å². The molecular formula is C10H9N3S. The molecule has 14 heavy (non-hydrogen) atoms. The van der Waals surface area contributed by atoms with Crippen molar-refractivity contribution in [3.63, 3.8) is 0 Å². The highest BCUT2D eigenvalue weighted by Crippen LogP contribution is 2.17. The zero-order valence-corrected chi connectivity index (χ0v) is 8.58. The molecule has 0 atom stereocenters. The van der Waals surface area contributed by atoms with E-state index in [2.05, 4.69) is 18.0 Å². The summed E-state index contributed by atoms with van der Waals surface area (Å²) in [4.78, 5) is 4.41. The first-order chi connectivity index (χ1) is 6.85. The molecule has 0 bridgehead atoms. The summed E-state index contributed by atoms with van der Waals surface area (Å²) in [6.07, 6.45) is 2.79. The van der Waals surface area contributed by atoms with Crippen LogP contribution in [0.25, 0.3) is 5.13 Å². The van der Waals surface area contributed by atoms with E-state index in [1.807, 2.05) is 22.2 Å². The van der Waals surface area contributed by atoms with Gasteiger partial charge in [0.1, 0.15) is 11.8 Å². The number of hydrogen-bond acceptors (Lipinski definition) is 3. The van der Waals surface area contributed by atoms with Gasteiger partial charge in [-0.1, -0.05) is 6.92 Å². The minimum absolute atomic E-state index is 0.627. The number of thiazole rings is 1. The van der Waals surface area contributed by atoms with Crippen molar-refractivity contribution in [1.82, 2.24) is 9.55 Å². The summed E-state index contributed by atoms with van der Waals surface area (Å²) in [5, 5.41) is 11.7. The lowest BCUT2D eigenvalue weighted by Crippen LogP contribution is -1.94. The monoisotopic (exact) mass is 203 g/mol. The van der Waals surface area contributed by atoms with Gasteiger partial charge >= 0.3 is 0 Å². The number of nitrogens with zero attached hydrogens (tertiary/aromatic N) is 3. The average molecular weight is 203 g/mol. The van der Waals surface area contributed by atoms with E-state index in [0.717, 1.165) is 17.2 Å². The van der Waals surface area contributed by atoms with Gasteiger partial charge in [0.2, 0.25) is 0 Å². The fourth-order valence-electron chi connectivity index (χ4n) is 1.21. The van der Waals surface area contributed by atoms with Crippen LogP contribution in [0.15, 0.2) is 23.7 Å². The maximum absolute atomic E-state index is 8.84. The van der Waals surface area contributed by atoms with Crippen LogP contribution in [-0.2, 0) is 6.42 Å². The summed E-state index contributed by atoms with van der Waals surface area (Å²) in [5.41, 5.74) is 1.70. The standard InChI is InChI=1S/C10H9N3S/c1-2-8-7-14-10(12-8)13-5-3-4-9(13)6-11/h3-5,7H,2H2,1H3. The van der Waals surface area contributed by atoms with Gasteiger partial charge in [-0.3, -0.25) is 4.57 Å². The summed E-state index contributed by atoms with van der Waals surface area (Å²) < 4.78 is 1.81. The van der Waals surface area contributed by atoms with E-state index >= 15 is 0 Å². The minimum atomic E-state index is 0.627. The first kappa shape index (κ1) is 8.97. The van der Waals surface area contributed by atoms with Crippen molar-refractivity contribution < 1.29 is 0 Å². The molecule has 0 aliphatic carbocycles. The molecule has 2 rings (SSSR count). The molecule has 4 heteroatoms. The number of aromatic nitrogens is 2. The van der Waals surface area contributed by atoms with E-state index < -0.39 is 0 Å². The molecule has 0 saturated carbocycles. The van der Waals surface area contributed by atoms with Gasteiger partial charge in [-0.25, -0.2) is 4.98 Å². The fraction of sp³-hybridized carbons (Fsp3) is 0.200. The second-order valence-electron chi connectivity index (χ2n) is 2.85. The Balaban J connectivity index is 2.45. The van der Waals surface area contributed by atoms with Crippen molar-refractivity contribution in [1.29, 1.82) is 5.26 Å². The SMILES string of the molecule is CCc1csc(-n2cccc2C#N)n1. The van der Waals surface area contributed by atoms with Gasteiger partial charge in [-0.2, -0.15) is 5.26 Å². The number of aryl methyl sites for hydroxylation is 1. The van der Waals surface area contributed by atoms with Gasteiger partial charge < -0.3 is 0 Å².